The molecule has 0 spiro atoms. The number of halogens is 2. The molecule has 3 N–H and O–H groups in total. The number of carbonyl (C=O) groups is 2. The molecule has 0 bridgehead atoms. The number of hydrogen-bond acceptors (Lipinski definition) is 3. The summed E-state index contributed by atoms with van der Waals surface area (Å²) in [5, 5.41) is 2.44. The third-order valence-corrected chi connectivity index (χ3v) is 3.10. The van der Waals surface area contributed by atoms with Crippen LogP contribution >= 0.6 is 0 Å². The van der Waals surface area contributed by atoms with Gasteiger partial charge < -0.3 is 15.8 Å². The van der Waals surface area contributed by atoms with Crippen molar-refractivity contribution in [2.75, 3.05) is 13.2 Å². The van der Waals surface area contributed by atoms with E-state index >= 15 is 0 Å². The molecule has 0 saturated heterocycles. The summed E-state index contributed by atoms with van der Waals surface area (Å²) in [7, 11) is 0. The number of nitrogens with one attached hydrogen (secondary N) is 1. The van der Waals surface area contributed by atoms with Gasteiger partial charge in [-0.1, -0.05) is 24.0 Å². The monoisotopic (exact) mass is 344 g/mol. The molecule has 2 rings (SSSR count). The first-order valence-electron chi connectivity index (χ1n) is 7.19. The number of para-hydroxylation sites is 1. The van der Waals surface area contributed by atoms with Crippen LogP contribution in [0.1, 0.15) is 20.7 Å². The number of primary amides is 1. The molecule has 2 amide bonds. The maximum Gasteiger partial charge on any atom is 0.252 e. The highest BCUT2D eigenvalue weighted by Gasteiger charge is 2.09. The molecule has 0 heterocycles. The van der Waals surface area contributed by atoms with Crippen molar-refractivity contribution < 1.29 is 23.1 Å². The SMILES string of the molecule is NC(=O)c1ccccc1OCC#CCNC(=O)c1ccc(F)c(F)c1. The van der Waals surface area contributed by atoms with Crippen LogP contribution in [0.2, 0.25) is 0 Å². The lowest BCUT2D eigenvalue weighted by Gasteiger charge is -2.05. The van der Waals surface area contributed by atoms with Gasteiger partial charge in [-0.15, -0.1) is 0 Å². The van der Waals surface area contributed by atoms with Crippen molar-refractivity contribution in [1.29, 1.82) is 0 Å². The van der Waals surface area contributed by atoms with Gasteiger partial charge in [0.2, 0.25) is 0 Å². The van der Waals surface area contributed by atoms with Crippen molar-refractivity contribution in [3.8, 4) is 17.6 Å². The predicted octanol–water partition coefficient (Wildman–Crippen LogP) is 1.88. The zero-order chi connectivity index (χ0) is 18.2. The predicted molar refractivity (Wildman–Crippen MR) is 86.9 cm³/mol. The molecule has 0 saturated carbocycles. The van der Waals surface area contributed by atoms with Crippen molar-refractivity contribution in [2.45, 2.75) is 0 Å². The van der Waals surface area contributed by atoms with Gasteiger partial charge in [-0.2, -0.15) is 0 Å². The minimum absolute atomic E-state index is 0.00133. The smallest absolute Gasteiger partial charge is 0.252 e. The van der Waals surface area contributed by atoms with Gasteiger partial charge in [0.1, 0.15) is 12.4 Å². The van der Waals surface area contributed by atoms with Crippen molar-refractivity contribution >= 4 is 11.8 Å². The summed E-state index contributed by atoms with van der Waals surface area (Å²) < 4.78 is 31.2. The third-order valence-electron chi connectivity index (χ3n) is 3.10. The molecule has 2 aromatic rings. The van der Waals surface area contributed by atoms with Gasteiger partial charge in [0.05, 0.1) is 12.1 Å². The number of benzene rings is 2. The summed E-state index contributed by atoms with van der Waals surface area (Å²) >= 11 is 0. The average molecular weight is 344 g/mol. The first-order valence-corrected chi connectivity index (χ1v) is 7.19. The fourth-order valence-corrected chi connectivity index (χ4v) is 1.89. The summed E-state index contributed by atoms with van der Waals surface area (Å²) in [6.07, 6.45) is 0. The topological polar surface area (TPSA) is 81.4 Å². The Morgan fingerprint density at radius 2 is 1.84 bits per heavy atom. The highest BCUT2D eigenvalue weighted by molar-refractivity contribution is 5.95. The van der Waals surface area contributed by atoms with E-state index in [-0.39, 0.29) is 24.3 Å². The van der Waals surface area contributed by atoms with Crippen LogP contribution in [-0.2, 0) is 0 Å². The normalized spacial score (nSPS) is 9.68. The van der Waals surface area contributed by atoms with Gasteiger partial charge in [-0.3, -0.25) is 9.59 Å². The number of amides is 2. The standard InChI is InChI=1S/C18H14F2N2O3/c19-14-8-7-12(11-15(14)20)18(24)22-9-3-4-10-25-16-6-2-1-5-13(16)17(21)23/h1-2,5-8,11H,9-10H2,(H2,21,23)(H,22,24). The molecule has 0 radical (unpaired) electrons. The number of nitrogens with two attached hydrogens (primary N) is 1. The van der Waals surface area contributed by atoms with Crippen molar-refractivity contribution in [3.63, 3.8) is 0 Å². The molecule has 25 heavy (non-hydrogen) atoms. The maximum atomic E-state index is 13.0. The van der Waals surface area contributed by atoms with Crippen LogP contribution in [0.5, 0.6) is 5.75 Å². The van der Waals surface area contributed by atoms with Crippen molar-refractivity contribution in [1.82, 2.24) is 5.32 Å². The Morgan fingerprint density at radius 3 is 2.56 bits per heavy atom. The Labute approximate surface area is 142 Å². The fraction of sp³-hybridized carbons (Fsp3) is 0.111. The van der Waals surface area contributed by atoms with Gasteiger partial charge in [0.25, 0.3) is 11.8 Å². The van der Waals surface area contributed by atoms with Crippen LogP contribution in [-0.4, -0.2) is 25.0 Å². The van der Waals surface area contributed by atoms with Crippen molar-refractivity contribution in [3.05, 3.63) is 65.2 Å². The van der Waals surface area contributed by atoms with Gasteiger partial charge in [0, 0.05) is 5.56 Å². The van der Waals surface area contributed by atoms with Crippen LogP contribution in [0.4, 0.5) is 8.78 Å². The Morgan fingerprint density at radius 1 is 1.08 bits per heavy atom. The Kier molecular flexibility index (Phi) is 6.07. The Hall–Kier alpha value is -3.40. The van der Waals surface area contributed by atoms with E-state index in [4.69, 9.17) is 10.5 Å². The lowest BCUT2D eigenvalue weighted by Crippen LogP contribution is -2.23. The van der Waals surface area contributed by atoms with Gasteiger partial charge in [-0.25, -0.2) is 8.78 Å². The minimum Gasteiger partial charge on any atom is -0.480 e. The van der Waals surface area contributed by atoms with E-state index in [2.05, 4.69) is 17.2 Å². The zero-order valence-corrected chi connectivity index (χ0v) is 13.0. The van der Waals surface area contributed by atoms with E-state index in [1.54, 1.807) is 18.2 Å². The molecule has 0 aliphatic heterocycles. The van der Waals surface area contributed by atoms with E-state index in [0.29, 0.717) is 5.75 Å². The van der Waals surface area contributed by atoms with E-state index in [0.717, 1.165) is 12.1 Å². The van der Waals surface area contributed by atoms with Gasteiger partial charge in [0.15, 0.2) is 11.6 Å². The summed E-state index contributed by atoms with van der Waals surface area (Å²) in [5.41, 5.74) is 5.46. The van der Waals surface area contributed by atoms with Crippen molar-refractivity contribution in [2.24, 2.45) is 5.73 Å². The second kappa shape index (κ2) is 8.45. The maximum absolute atomic E-state index is 13.0. The largest absolute Gasteiger partial charge is 0.480 e. The lowest BCUT2D eigenvalue weighted by atomic mass is 10.2. The summed E-state index contributed by atoms with van der Waals surface area (Å²) in [6.45, 7) is -0.00993. The first-order chi connectivity index (χ1) is 12.0. The molecule has 0 unspecified atom stereocenters. The lowest BCUT2D eigenvalue weighted by molar-refractivity contribution is 0.0956. The van der Waals surface area contributed by atoms with E-state index in [9.17, 15) is 18.4 Å². The molecular weight excluding hydrogens is 330 g/mol. The van der Waals surface area contributed by atoms with Crippen LogP contribution in [0, 0.1) is 23.5 Å². The third kappa shape index (κ3) is 5.04. The number of rotatable bonds is 5. The fourth-order valence-electron chi connectivity index (χ4n) is 1.89. The highest BCUT2D eigenvalue weighted by atomic mass is 19.2. The molecule has 0 fully saturated rings. The van der Waals surface area contributed by atoms with Crippen LogP contribution in [0.3, 0.4) is 0 Å². The molecule has 7 heteroatoms. The summed E-state index contributed by atoms with van der Waals surface area (Å²) in [5.74, 6) is 2.30. The zero-order valence-electron chi connectivity index (χ0n) is 13.0. The van der Waals surface area contributed by atoms with Crippen LogP contribution in [0.25, 0.3) is 0 Å². The number of ether oxygens (including phenoxy) is 1. The quantitative estimate of drug-likeness (QED) is 0.813. The minimum atomic E-state index is -1.10. The second-order valence-electron chi connectivity index (χ2n) is 4.81. The first kappa shape index (κ1) is 17.9. The Balaban J connectivity index is 1.82. The van der Waals surface area contributed by atoms with Crippen LogP contribution in [0.15, 0.2) is 42.5 Å². The number of carbonyl (C=O) groups excluding carboxylic acids is 2. The molecular formula is C18H14F2N2O3. The molecule has 2 aromatic carbocycles. The van der Waals surface area contributed by atoms with E-state index in [1.165, 1.54) is 12.1 Å². The number of hydrogen-bond donors (Lipinski definition) is 2. The van der Waals surface area contributed by atoms with Crippen LogP contribution < -0.4 is 15.8 Å². The molecule has 0 aliphatic carbocycles. The Bertz CT molecular complexity index is 857. The molecule has 5 nitrogen and oxygen atoms in total. The highest BCUT2D eigenvalue weighted by Crippen LogP contribution is 2.16. The molecule has 0 aromatic heterocycles. The summed E-state index contributed by atoms with van der Waals surface area (Å²) in [4.78, 5) is 23.0. The van der Waals surface area contributed by atoms with Gasteiger partial charge in [-0.05, 0) is 30.3 Å². The van der Waals surface area contributed by atoms with Gasteiger partial charge >= 0.3 is 0 Å². The average Bonchev–Trinajstić information content (AvgIpc) is 2.60. The molecule has 0 atom stereocenters. The summed E-state index contributed by atoms with van der Waals surface area (Å²) in [6, 6.07) is 9.33. The van der Waals surface area contributed by atoms with E-state index < -0.39 is 23.4 Å². The molecule has 128 valence electrons. The van der Waals surface area contributed by atoms with E-state index in [1.807, 2.05) is 0 Å². The molecule has 0 aliphatic rings. The second-order valence-corrected chi connectivity index (χ2v) is 4.81.